The third-order valence-electron chi connectivity index (χ3n) is 2.75. The van der Waals surface area contributed by atoms with Crippen molar-refractivity contribution in [3.05, 3.63) is 35.0 Å². The molecular formula is C14H18N2S. The maximum absolute atomic E-state index is 4.72. The number of thiazole rings is 1. The molecule has 2 heterocycles. The fourth-order valence-electron chi connectivity index (χ4n) is 1.64. The normalized spacial score (nSPS) is 11.8. The van der Waals surface area contributed by atoms with Crippen molar-refractivity contribution < 1.29 is 0 Å². The van der Waals surface area contributed by atoms with Crippen LogP contribution in [0.4, 0.5) is 0 Å². The molecule has 0 fully saturated rings. The van der Waals surface area contributed by atoms with E-state index in [1.807, 2.05) is 12.3 Å². The van der Waals surface area contributed by atoms with E-state index in [0.29, 0.717) is 0 Å². The number of aromatic nitrogens is 2. The minimum atomic E-state index is 0.107. The summed E-state index contributed by atoms with van der Waals surface area (Å²) in [5.74, 6) is 0. The minimum Gasteiger partial charge on any atom is -0.253 e. The molecule has 0 aliphatic rings. The molecule has 2 rings (SSSR count). The van der Waals surface area contributed by atoms with Gasteiger partial charge < -0.3 is 0 Å². The van der Waals surface area contributed by atoms with E-state index >= 15 is 0 Å². The minimum absolute atomic E-state index is 0.107. The molecule has 0 radical (unpaired) electrons. The number of nitrogens with zero attached hydrogens (tertiary/aromatic N) is 2. The van der Waals surface area contributed by atoms with E-state index in [1.165, 1.54) is 5.56 Å². The molecule has 3 heteroatoms. The Morgan fingerprint density at radius 2 is 2.06 bits per heavy atom. The van der Waals surface area contributed by atoms with Crippen molar-refractivity contribution >= 4 is 11.3 Å². The topological polar surface area (TPSA) is 25.8 Å². The molecule has 0 bridgehead atoms. The van der Waals surface area contributed by atoms with Crippen LogP contribution in [0.25, 0.3) is 10.7 Å². The van der Waals surface area contributed by atoms with Gasteiger partial charge in [0.1, 0.15) is 10.7 Å². The summed E-state index contributed by atoms with van der Waals surface area (Å²) in [6.45, 7) is 8.71. The predicted octanol–water partition coefficient (Wildman–Crippen LogP) is 4.07. The highest BCUT2D eigenvalue weighted by atomic mass is 32.1. The quantitative estimate of drug-likeness (QED) is 0.798. The van der Waals surface area contributed by atoms with Gasteiger partial charge in [-0.25, -0.2) is 4.98 Å². The number of hydrogen-bond acceptors (Lipinski definition) is 3. The Hall–Kier alpha value is -1.22. The molecule has 0 aliphatic heterocycles. The summed E-state index contributed by atoms with van der Waals surface area (Å²) in [5.41, 5.74) is 3.55. The number of rotatable bonds is 2. The van der Waals surface area contributed by atoms with Gasteiger partial charge in [0.25, 0.3) is 0 Å². The lowest BCUT2D eigenvalue weighted by molar-refractivity contribution is 0.573. The monoisotopic (exact) mass is 246 g/mol. The highest BCUT2D eigenvalue weighted by Gasteiger charge is 2.19. The molecule has 0 atom stereocenters. The fourth-order valence-corrected chi connectivity index (χ4v) is 2.72. The first-order chi connectivity index (χ1) is 8.02. The summed E-state index contributed by atoms with van der Waals surface area (Å²) >= 11 is 1.69. The van der Waals surface area contributed by atoms with Gasteiger partial charge in [-0.2, -0.15) is 0 Å². The molecule has 90 valence electrons. The van der Waals surface area contributed by atoms with Crippen LogP contribution >= 0.6 is 11.3 Å². The fraction of sp³-hybridized carbons (Fsp3) is 0.429. The van der Waals surface area contributed by atoms with Crippen molar-refractivity contribution in [3.63, 3.8) is 0 Å². The summed E-state index contributed by atoms with van der Waals surface area (Å²) in [6.07, 6.45) is 2.83. The van der Waals surface area contributed by atoms with Crippen molar-refractivity contribution in [2.75, 3.05) is 0 Å². The van der Waals surface area contributed by atoms with E-state index in [1.54, 1.807) is 11.3 Å². The SMILES string of the molecule is CCc1cccnc1-c1nc(C(C)(C)C)cs1. The summed E-state index contributed by atoms with van der Waals surface area (Å²) in [4.78, 5) is 9.18. The average Bonchev–Trinajstić information content (AvgIpc) is 2.77. The van der Waals surface area contributed by atoms with E-state index in [9.17, 15) is 0 Å². The molecule has 0 aromatic carbocycles. The lowest BCUT2D eigenvalue weighted by atomic mass is 9.93. The molecule has 0 spiro atoms. The smallest absolute Gasteiger partial charge is 0.142 e. The molecule has 0 amide bonds. The second-order valence-electron chi connectivity index (χ2n) is 5.15. The predicted molar refractivity (Wildman–Crippen MR) is 73.4 cm³/mol. The van der Waals surface area contributed by atoms with E-state index in [2.05, 4.69) is 44.1 Å². The van der Waals surface area contributed by atoms with Crippen LogP contribution in [-0.2, 0) is 11.8 Å². The Bertz CT molecular complexity index is 509. The zero-order valence-corrected chi connectivity index (χ0v) is 11.6. The highest BCUT2D eigenvalue weighted by Crippen LogP contribution is 2.30. The maximum atomic E-state index is 4.72. The first kappa shape index (κ1) is 12.2. The van der Waals surface area contributed by atoms with Crippen LogP contribution in [0.2, 0.25) is 0 Å². The number of hydrogen-bond donors (Lipinski definition) is 0. The van der Waals surface area contributed by atoms with Gasteiger partial charge in [0.2, 0.25) is 0 Å². The Morgan fingerprint density at radius 3 is 2.65 bits per heavy atom. The van der Waals surface area contributed by atoms with Crippen LogP contribution in [-0.4, -0.2) is 9.97 Å². The lowest BCUT2D eigenvalue weighted by Gasteiger charge is -2.14. The van der Waals surface area contributed by atoms with E-state index < -0.39 is 0 Å². The third-order valence-corrected chi connectivity index (χ3v) is 3.60. The zero-order chi connectivity index (χ0) is 12.5. The van der Waals surface area contributed by atoms with Crippen LogP contribution < -0.4 is 0 Å². The van der Waals surface area contributed by atoms with Gasteiger partial charge in [-0.15, -0.1) is 11.3 Å². The zero-order valence-electron chi connectivity index (χ0n) is 10.8. The van der Waals surface area contributed by atoms with Crippen LogP contribution in [0.3, 0.4) is 0 Å². The number of aryl methyl sites for hydroxylation is 1. The van der Waals surface area contributed by atoms with Crippen molar-refractivity contribution in [1.29, 1.82) is 0 Å². The van der Waals surface area contributed by atoms with Crippen molar-refractivity contribution in [3.8, 4) is 10.7 Å². The molecule has 0 saturated carbocycles. The van der Waals surface area contributed by atoms with Crippen molar-refractivity contribution in [2.45, 2.75) is 39.5 Å². The first-order valence-electron chi connectivity index (χ1n) is 5.92. The molecule has 2 aromatic heterocycles. The summed E-state index contributed by atoms with van der Waals surface area (Å²) in [7, 11) is 0. The molecule has 0 saturated heterocycles. The van der Waals surface area contributed by atoms with Gasteiger partial charge >= 0.3 is 0 Å². The molecule has 17 heavy (non-hydrogen) atoms. The Balaban J connectivity index is 2.44. The van der Waals surface area contributed by atoms with Crippen LogP contribution in [0.5, 0.6) is 0 Å². The van der Waals surface area contributed by atoms with Gasteiger partial charge in [0.15, 0.2) is 0 Å². The molecule has 2 aromatic rings. The van der Waals surface area contributed by atoms with E-state index in [0.717, 1.165) is 22.8 Å². The molecular weight excluding hydrogens is 228 g/mol. The summed E-state index contributed by atoms with van der Waals surface area (Å²) in [6, 6.07) is 4.11. The standard InChI is InChI=1S/C14H18N2S/c1-5-10-7-6-8-15-12(10)13-16-11(9-17-13)14(2,3)4/h6-9H,5H2,1-4H3. The molecule has 0 aliphatic carbocycles. The molecule has 0 N–H and O–H groups in total. The summed E-state index contributed by atoms with van der Waals surface area (Å²) in [5, 5.41) is 3.18. The largest absolute Gasteiger partial charge is 0.253 e. The maximum Gasteiger partial charge on any atom is 0.142 e. The van der Waals surface area contributed by atoms with E-state index in [4.69, 9.17) is 4.98 Å². The second-order valence-corrected chi connectivity index (χ2v) is 6.01. The Labute approximate surface area is 107 Å². The van der Waals surface area contributed by atoms with Gasteiger partial charge in [0, 0.05) is 17.0 Å². The van der Waals surface area contributed by atoms with Crippen molar-refractivity contribution in [2.24, 2.45) is 0 Å². The van der Waals surface area contributed by atoms with Crippen LogP contribution in [0.15, 0.2) is 23.7 Å². The second kappa shape index (κ2) is 4.57. The Morgan fingerprint density at radius 1 is 1.29 bits per heavy atom. The van der Waals surface area contributed by atoms with Gasteiger partial charge in [-0.3, -0.25) is 4.98 Å². The van der Waals surface area contributed by atoms with Crippen molar-refractivity contribution in [1.82, 2.24) is 9.97 Å². The van der Waals surface area contributed by atoms with Crippen LogP contribution in [0, 0.1) is 0 Å². The van der Waals surface area contributed by atoms with Gasteiger partial charge in [-0.05, 0) is 18.1 Å². The number of pyridine rings is 1. The van der Waals surface area contributed by atoms with Gasteiger partial charge in [-0.1, -0.05) is 33.8 Å². The lowest BCUT2D eigenvalue weighted by Crippen LogP contribution is -2.11. The average molecular weight is 246 g/mol. The molecule has 0 unspecified atom stereocenters. The van der Waals surface area contributed by atoms with Crippen LogP contribution in [0.1, 0.15) is 39.0 Å². The summed E-state index contributed by atoms with van der Waals surface area (Å²) < 4.78 is 0. The van der Waals surface area contributed by atoms with Gasteiger partial charge in [0.05, 0.1) is 5.69 Å². The first-order valence-corrected chi connectivity index (χ1v) is 6.80. The third kappa shape index (κ3) is 2.55. The molecule has 2 nitrogen and oxygen atoms in total. The Kier molecular flexibility index (Phi) is 3.29. The highest BCUT2D eigenvalue weighted by molar-refractivity contribution is 7.13. The van der Waals surface area contributed by atoms with E-state index in [-0.39, 0.29) is 5.41 Å².